The van der Waals surface area contributed by atoms with Crippen molar-refractivity contribution in [3.8, 4) is 6.07 Å². The molecule has 52 valence electrons. The number of aliphatic hydroxyl groups excluding tert-OH is 2. The highest BCUT2D eigenvalue weighted by molar-refractivity contribution is 5.35. The van der Waals surface area contributed by atoms with E-state index in [1.807, 2.05) is 0 Å². The maximum absolute atomic E-state index is 9.05. The highest BCUT2D eigenvalue weighted by Gasteiger charge is 2.19. The summed E-state index contributed by atoms with van der Waals surface area (Å²) >= 11 is 0. The molecule has 2 atom stereocenters. The Hall–Kier alpha value is -1.11. The van der Waals surface area contributed by atoms with Crippen LogP contribution in [0.4, 0.5) is 0 Å². The second kappa shape index (κ2) is 2.65. The van der Waals surface area contributed by atoms with E-state index in [1.165, 1.54) is 12.2 Å². The highest BCUT2D eigenvalue weighted by atomic mass is 16.3. The van der Waals surface area contributed by atoms with Crippen LogP contribution < -0.4 is 0 Å². The Morgan fingerprint density at radius 1 is 1.50 bits per heavy atom. The van der Waals surface area contributed by atoms with E-state index >= 15 is 0 Å². The minimum atomic E-state index is -1.05. The molecule has 0 aromatic carbocycles. The van der Waals surface area contributed by atoms with E-state index in [1.54, 1.807) is 12.1 Å². The topological polar surface area (TPSA) is 64.2 Å². The molecular weight excluding hydrogens is 130 g/mol. The van der Waals surface area contributed by atoms with Crippen LogP contribution in [-0.4, -0.2) is 22.4 Å². The van der Waals surface area contributed by atoms with E-state index in [0.717, 1.165) is 0 Å². The summed E-state index contributed by atoms with van der Waals surface area (Å²) in [5.41, 5.74) is 0.204. The molecule has 1 aliphatic rings. The number of hydrogen-bond donors (Lipinski definition) is 2. The van der Waals surface area contributed by atoms with Crippen LogP contribution >= 0.6 is 0 Å². The lowest BCUT2D eigenvalue weighted by Crippen LogP contribution is -2.27. The fourth-order valence-corrected chi connectivity index (χ4v) is 0.764. The van der Waals surface area contributed by atoms with Crippen molar-refractivity contribution in [1.82, 2.24) is 0 Å². The van der Waals surface area contributed by atoms with Gasteiger partial charge in [-0.05, 0) is 6.08 Å². The summed E-state index contributed by atoms with van der Waals surface area (Å²) in [4.78, 5) is 0. The molecular formula is C7H7NO2. The number of hydrogen-bond acceptors (Lipinski definition) is 3. The molecule has 1 aliphatic carbocycles. The minimum absolute atomic E-state index is 0.204. The van der Waals surface area contributed by atoms with Gasteiger partial charge in [0.2, 0.25) is 0 Å². The Kier molecular flexibility index (Phi) is 1.86. The van der Waals surface area contributed by atoms with Crippen LogP contribution in [-0.2, 0) is 0 Å². The van der Waals surface area contributed by atoms with E-state index in [2.05, 4.69) is 0 Å². The lowest BCUT2D eigenvalue weighted by molar-refractivity contribution is 0.0744. The zero-order valence-electron chi connectivity index (χ0n) is 5.23. The molecule has 0 aliphatic heterocycles. The molecule has 0 heterocycles. The van der Waals surface area contributed by atoms with Gasteiger partial charge in [0.25, 0.3) is 0 Å². The Labute approximate surface area is 58.5 Å². The van der Waals surface area contributed by atoms with Crippen molar-refractivity contribution in [3.63, 3.8) is 0 Å². The fraction of sp³-hybridized carbons (Fsp3) is 0.286. The molecule has 0 saturated heterocycles. The van der Waals surface area contributed by atoms with Gasteiger partial charge >= 0.3 is 0 Å². The summed E-state index contributed by atoms with van der Waals surface area (Å²) in [7, 11) is 0. The van der Waals surface area contributed by atoms with E-state index in [-0.39, 0.29) is 5.57 Å². The molecule has 0 amide bonds. The Balaban J connectivity index is 2.84. The van der Waals surface area contributed by atoms with Gasteiger partial charge in [-0.15, -0.1) is 0 Å². The van der Waals surface area contributed by atoms with Gasteiger partial charge in [-0.1, -0.05) is 12.2 Å². The summed E-state index contributed by atoms with van der Waals surface area (Å²) in [6.45, 7) is 0. The molecule has 0 aromatic heterocycles. The number of nitriles is 1. The Morgan fingerprint density at radius 3 is 2.70 bits per heavy atom. The molecule has 0 unspecified atom stereocenters. The maximum atomic E-state index is 9.05. The molecule has 0 radical (unpaired) electrons. The van der Waals surface area contributed by atoms with Gasteiger partial charge < -0.3 is 10.2 Å². The van der Waals surface area contributed by atoms with Crippen LogP contribution in [0.2, 0.25) is 0 Å². The third-order valence-corrected chi connectivity index (χ3v) is 1.36. The van der Waals surface area contributed by atoms with Crippen LogP contribution in [0.15, 0.2) is 23.8 Å². The van der Waals surface area contributed by atoms with Crippen molar-refractivity contribution in [1.29, 1.82) is 5.26 Å². The predicted octanol–water partition coefficient (Wildman–Crippen LogP) is -0.272. The van der Waals surface area contributed by atoms with Gasteiger partial charge in [-0.3, -0.25) is 0 Å². The largest absolute Gasteiger partial charge is 0.386 e. The zero-order chi connectivity index (χ0) is 7.56. The second-order valence-corrected chi connectivity index (χ2v) is 2.05. The fourth-order valence-electron chi connectivity index (χ4n) is 0.764. The van der Waals surface area contributed by atoms with E-state index < -0.39 is 12.2 Å². The highest BCUT2D eigenvalue weighted by Crippen LogP contribution is 2.11. The number of allylic oxidation sites excluding steroid dienone is 2. The van der Waals surface area contributed by atoms with Crippen molar-refractivity contribution < 1.29 is 10.2 Å². The average molecular weight is 137 g/mol. The van der Waals surface area contributed by atoms with Crippen molar-refractivity contribution in [3.05, 3.63) is 23.8 Å². The second-order valence-electron chi connectivity index (χ2n) is 2.05. The van der Waals surface area contributed by atoms with Crippen molar-refractivity contribution in [2.24, 2.45) is 0 Å². The van der Waals surface area contributed by atoms with Crippen LogP contribution in [0, 0.1) is 11.3 Å². The van der Waals surface area contributed by atoms with Crippen LogP contribution in [0.3, 0.4) is 0 Å². The number of rotatable bonds is 0. The smallest absolute Gasteiger partial charge is 0.118 e. The standard InChI is InChI=1S/C7H7NO2/c8-4-5-2-1-3-6(9)7(5)10/h1-3,6-7,9-10H/t6-,7-/m0/s1. The number of nitrogens with zero attached hydrogens (tertiary/aromatic N) is 1. The number of aliphatic hydroxyl groups is 2. The van der Waals surface area contributed by atoms with E-state index in [0.29, 0.717) is 0 Å². The monoisotopic (exact) mass is 137 g/mol. The SMILES string of the molecule is N#CC1=CC=C[C@H](O)[C@H]1O. The van der Waals surface area contributed by atoms with Gasteiger partial charge in [0.1, 0.15) is 12.2 Å². The molecule has 3 nitrogen and oxygen atoms in total. The normalized spacial score (nSPS) is 31.1. The molecule has 10 heavy (non-hydrogen) atoms. The van der Waals surface area contributed by atoms with Crippen molar-refractivity contribution in [2.75, 3.05) is 0 Å². The summed E-state index contributed by atoms with van der Waals surface area (Å²) in [5.74, 6) is 0. The first-order valence-corrected chi connectivity index (χ1v) is 2.90. The first-order chi connectivity index (χ1) is 4.75. The first-order valence-electron chi connectivity index (χ1n) is 2.90. The van der Waals surface area contributed by atoms with E-state index in [9.17, 15) is 0 Å². The third-order valence-electron chi connectivity index (χ3n) is 1.36. The molecule has 0 bridgehead atoms. The quantitative estimate of drug-likeness (QED) is 0.483. The third kappa shape index (κ3) is 1.08. The van der Waals surface area contributed by atoms with Gasteiger partial charge in [0.15, 0.2) is 0 Å². The Bertz CT molecular complexity index is 224. The minimum Gasteiger partial charge on any atom is -0.386 e. The van der Waals surface area contributed by atoms with E-state index in [4.69, 9.17) is 15.5 Å². The molecule has 0 spiro atoms. The van der Waals surface area contributed by atoms with Gasteiger partial charge in [-0.25, -0.2) is 0 Å². The van der Waals surface area contributed by atoms with Gasteiger partial charge in [-0.2, -0.15) is 5.26 Å². The summed E-state index contributed by atoms with van der Waals surface area (Å²) in [6, 6.07) is 1.78. The molecule has 0 aromatic rings. The zero-order valence-corrected chi connectivity index (χ0v) is 5.23. The lowest BCUT2D eigenvalue weighted by Gasteiger charge is -2.15. The first kappa shape index (κ1) is 7.00. The van der Waals surface area contributed by atoms with Crippen molar-refractivity contribution >= 4 is 0 Å². The van der Waals surface area contributed by atoms with Gasteiger partial charge in [0.05, 0.1) is 11.6 Å². The Morgan fingerprint density at radius 2 is 2.20 bits per heavy atom. The van der Waals surface area contributed by atoms with Crippen LogP contribution in [0.5, 0.6) is 0 Å². The van der Waals surface area contributed by atoms with Crippen molar-refractivity contribution in [2.45, 2.75) is 12.2 Å². The molecule has 1 rings (SSSR count). The molecule has 2 N–H and O–H groups in total. The predicted molar refractivity (Wildman–Crippen MR) is 34.8 cm³/mol. The lowest BCUT2D eigenvalue weighted by atomic mass is 10.0. The molecule has 3 heteroatoms. The molecule has 0 fully saturated rings. The van der Waals surface area contributed by atoms with Crippen LogP contribution in [0.25, 0.3) is 0 Å². The summed E-state index contributed by atoms with van der Waals surface area (Å²) in [6.07, 6.45) is 2.49. The van der Waals surface area contributed by atoms with Gasteiger partial charge in [0, 0.05) is 0 Å². The summed E-state index contributed by atoms with van der Waals surface area (Å²) < 4.78 is 0. The maximum Gasteiger partial charge on any atom is 0.118 e. The van der Waals surface area contributed by atoms with Crippen LogP contribution in [0.1, 0.15) is 0 Å². The molecule has 0 saturated carbocycles. The summed E-state index contributed by atoms with van der Waals surface area (Å²) in [5, 5.41) is 26.4. The average Bonchev–Trinajstić information content (AvgIpc) is 1.95.